The van der Waals surface area contributed by atoms with Gasteiger partial charge in [0.15, 0.2) is 6.29 Å². The molecule has 0 amide bonds. The highest BCUT2D eigenvalue weighted by Gasteiger charge is 1.95. The zero-order valence-corrected chi connectivity index (χ0v) is 8.88. The number of carbonyl (C=O) groups is 2. The summed E-state index contributed by atoms with van der Waals surface area (Å²) in [5.74, 6) is 0.212. The molecule has 4 heteroatoms. The zero-order valence-electron chi connectivity index (χ0n) is 8.88. The Morgan fingerprint density at radius 1 is 1.31 bits per heavy atom. The molecule has 0 N–H and O–H groups in total. The van der Waals surface area contributed by atoms with Crippen LogP contribution in [0.4, 0.5) is 0 Å². The van der Waals surface area contributed by atoms with E-state index in [9.17, 15) is 9.59 Å². The van der Waals surface area contributed by atoms with E-state index >= 15 is 0 Å². The van der Waals surface area contributed by atoms with Gasteiger partial charge in [0.05, 0.1) is 7.11 Å². The molecule has 4 nitrogen and oxygen atoms in total. The predicted molar refractivity (Wildman–Crippen MR) is 59.1 cm³/mol. The molecule has 1 rings (SSSR count). The Balaban J connectivity index is 2.55. The van der Waals surface area contributed by atoms with Crippen molar-refractivity contribution in [2.45, 2.75) is 0 Å². The van der Waals surface area contributed by atoms with Crippen LogP contribution in [0.1, 0.15) is 5.56 Å². The van der Waals surface area contributed by atoms with Crippen molar-refractivity contribution in [1.29, 1.82) is 0 Å². The molecular formula is C12H12O4. The van der Waals surface area contributed by atoms with Crippen molar-refractivity contribution < 1.29 is 19.1 Å². The van der Waals surface area contributed by atoms with Gasteiger partial charge in [-0.25, -0.2) is 4.79 Å². The maximum atomic E-state index is 11.0. The lowest BCUT2D eigenvalue weighted by Gasteiger charge is -1.99. The fraction of sp³-hybridized carbons (Fsp3) is 0.167. The summed E-state index contributed by atoms with van der Waals surface area (Å²) >= 11 is 0. The molecule has 0 unspecified atom stereocenters. The van der Waals surface area contributed by atoms with Gasteiger partial charge in [-0.15, -0.1) is 0 Å². The molecule has 0 saturated heterocycles. The normalized spacial score (nSPS) is 10.1. The van der Waals surface area contributed by atoms with Crippen LogP contribution < -0.4 is 4.74 Å². The minimum atomic E-state index is -0.539. The highest BCUT2D eigenvalue weighted by atomic mass is 16.5. The van der Waals surface area contributed by atoms with Gasteiger partial charge in [0, 0.05) is 6.08 Å². The van der Waals surface area contributed by atoms with Crippen LogP contribution in [-0.4, -0.2) is 26.0 Å². The number of carbonyl (C=O) groups excluding carboxylic acids is 2. The van der Waals surface area contributed by atoms with Crippen LogP contribution in [0.25, 0.3) is 6.08 Å². The number of aldehydes is 1. The van der Waals surface area contributed by atoms with Gasteiger partial charge < -0.3 is 9.47 Å². The third-order valence-electron chi connectivity index (χ3n) is 1.82. The molecule has 0 heterocycles. The fourth-order valence-corrected chi connectivity index (χ4v) is 1.04. The first-order valence-electron chi connectivity index (χ1n) is 4.69. The summed E-state index contributed by atoms with van der Waals surface area (Å²) in [5, 5.41) is 0. The number of ether oxygens (including phenoxy) is 2. The first-order chi connectivity index (χ1) is 7.76. The molecule has 0 aliphatic heterocycles. The summed E-state index contributed by atoms with van der Waals surface area (Å²) in [7, 11) is 1.58. The van der Waals surface area contributed by atoms with Crippen LogP contribution in [0.2, 0.25) is 0 Å². The Labute approximate surface area is 93.5 Å². The van der Waals surface area contributed by atoms with Crippen molar-refractivity contribution in [3.8, 4) is 5.75 Å². The van der Waals surface area contributed by atoms with Crippen LogP contribution in [0.5, 0.6) is 5.75 Å². The van der Waals surface area contributed by atoms with E-state index in [0.717, 1.165) is 11.3 Å². The van der Waals surface area contributed by atoms with E-state index in [2.05, 4.69) is 4.74 Å². The maximum Gasteiger partial charge on any atom is 0.331 e. The molecule has 84 valence electrons. The molecule has 0 spiro atoms. The first kappa shape index (κ1) is 12.0. The topological polar surface area (TPSA) is 52.6 Å². The Morgan fingerprint density at radius 3 is 2.56 bits per heavy atom. The fourth-order valence-electron chi connectivity index (χ4n) is 1.04. The van der Waals surface area contributed by atoms with E-state index in [1.54, 1.807) is 25.3 Å². The first-order valence-corrected chi connectivity index (χ1v) is 4.69. The Kier molecular flexibility index (Phi) is 4.79. The summed E-state index contributed by atoms with van der Waals surface area (Å²) in [6.45, 7) is -0.216. The molecule has 16 heavy (non-hydrogen) atoms. The second kappa shape index (κ2) is 6.40. The largest absolute Gasteiger partial charge is 0.497 e. The summed E-state index contributed by atoms with van der Waals surface area (Å²) in [5.41, 5.74) is 0.851. The van der Waals surface area contributed by atoms with Crippen molar-refractivity contribution >= 4 is 18.3 Å². The number of methoxy groups -OCH3 is 1. The lowest BCUT2D eigenvalue weighted by molar-refractivity contribution is -0.140. The number of hydrogen-bond donors (Lipinski definition) is 0. The van der Waals surface area contributed by atoms with Crippen LogP contribution in [0.15, 0.2) is 30.3 Å². The Morgan fingerprint density at radius 2 is 2.00 bits per heavy atom. The smallest absolute Gasteiger partial charge is 0.331 e. The van der Waals surface area contributed by atoms with E-state index in [1.165, 1.54) is 6.08 Å². The number of benzene rings is 1. The van der Waals surface area contributed by atoms with Crippen LogP contribution in [-0.2, 0) is 14.3 Å². The van der Waals surface area contributed by atoms with Crippen LogP contribution >= 0.6 is 0 Å². The quantitative estimate of drug-likeness (QED) is 0.428. The number of hydrogen-bond acceptors (Lipinski definition) is 4. The minimum absolute atomic E-state index is 0.216. The van der Waals surface area contributed by atoms with E-state index in [-0.39, 0.29) is 6.61 Å². The number of esters is 1. The molecule has 0 radical (unpaired) electrons. The second-order valence-electron chi connectivity index (χ2n) is 2.90. The predicted octanol–water partition coefficient (Wildman–Crippen LogP) is 1.45. The van der Waals surface area contributed by atoms with Crippen LogP contribution in [0, 0.1) is 0 Å². The molecule has 0 fully saturated rings. The SMILES string of the molecule is COc1ccc(C=CC(=O)OCC=O)cc1. The van der Waals surface area contributed by atoms with Gasteiger partial charge in [0.25, 0.3) is 0 Å². The van der Waals surface area contributed by atoms with E-state index in [4.69, 9.17) is 4.74 Å². The molecule has 0 aliphatic carbocycles. The van der Waals surface area contributed by atoms with Gasteiger partial charge in [-0.2, -0.15) is 0 Å². The molecule has 0 saturated carbocycles. The average molecular weight is 220 g/mol. The van der Waals surface area contributed by atoms with Crippen molar-refractivity contribution in [2.24, 2.45) is 0 Å². The summed E-state index contributed by atoms with van der Waals surface area (Å²) < 4.78 is 9.53. The molecule has 1 aromatic carbocycles. The summed E-state index contributed by atoms with van der Waals surface area (Å²) in [6.07, 6.45) is 3.40. The maximum absolute atomic E-state index is 11.0. The van der Waals surface area contributed by atoms with Crippen LogP contribution in [0.3, 0.4) is 0 Å². The highest BCUT2D eigenvalue weighted by molar-refractivity contribution is 5.87. The second-order valence-corrected chi connectivity index (χ2v) is 2.90. The molecule has 0 aliphatic rings. The van der Waals surface area contributed by atoms with Gasteiger partial charge in [0.2, 0.25) is 0 Å². The highest BCUT2D eigenvalue weighted by Crippen LogP contribution is 2.12. The Hall–Kier alpha value is -2.10. The van der Waals surface area contributed by atoms with Gasteiger partial charge in [-0.05, 0) is 23.8 Å². The lowest BCUT2D eigenvalue weighted by Crippen LogP contribution is -2.02. The zero-order chi connectivity index (χ0) is 11.8. The monoisotopic (exact) mass is 220 g/mol. The average Bonchev–Trinajstić information content (AvgIpc) is 2.34. The van der Waals surface area contributed by atoms with E-state index in [0.29, 0.717) is 6.29 Å². The summed E-state index contributed by atoms with van der Waals surface area (Å²) in [6, 6.07) is 7.19. The molecular weight excluding hydrogens is 208 g/mol. The van der Waals surface area contributed by atoms with Crippen molar-refractivity contribution in [1.82, 2.24) is 0 Å². The number of rotatable bonds is 5. The van der Waals surface area contributed by atoms with E-state index < -0.39 is 5.97 Å². The van der Waals surface area contributed by atoms with Gasteiger partial charge in [-0.1, -0.05) is 12.1 Å². The minimum Gasteiger partial charge on any atom is -0.497 e. The standard InChI is InChI=1S/C12H12O4/c1-15-11-5-2-10(3-6-11)4-7-12(14)16-9-8-13/h2-8H,9H2,1H3. The Bertz CT molecular complexity index is 379. The van der Waals surface area contributed by atoms with Crippen molar-refractivity contribution in [3.63, 3.8) is 0 Å². The summed E-state index contributed by atoms with van der Waals surface area (Å²) in [4.78, 5) is 20.9. The molecule has 1 aromatic rings. The van der Waals surface area contributed by atoms with Crippen molar-refractivity contribution in [3.05, 3.63) is 35.9 Å². The van der Waals surface area contributed by atoms with E-state index in [1.807, 2.05) is 12.1 Å². The van der Waals surface area contributed by atoms with Crippen molar-refractivity contribution in [2.75, 3.05) is 13.7 Å². The third-order valence-corrected chi connectivity index (χ3v) is 1.82. The van der Waals surface area contributed by atoms with Gasteiger partial charge in [-0.3, -0.25) is 4.79 Å². The van der Waals surface area contributed by atoms with Gasteiger partial charge in [0.1, 0.15) is 12.4 Å². The molecule has 0 atom stereocenters. The van der Waals surface area contributed by atoms with Gasteiger partial charge >= 0.3 is 5.97 Å². The lowest BCUT2D eigenvalue weighted by atomic mass is 10.2. The molecule has 0 bridgehead atoms. The third kappa shape index (κ3) is 3.96. The molecule has 0 aromatic heterocycles.